The van der Waals surface area contributed by atoms with Crippen molar-refractivity contribution in [3.05, 3.63) is 52.4 Å². The maximum Gasteiger partial charge on any atom is 0.266 e. The topological polar surface area (TPSA) is 107 Å². The SMILES string of the molecule is CON(C)S(=O)(=O)c1cc(C(=O)Nc2nc(-c3ccc4c(c3)OCCO4)cs2)ccc1Cl. The van der Waals surface area contributed by atoms with E-state index in [0.29, 0.717) is 40.0 Å². The number of carbonyl (C=O) groups excluding carboxylic acids is 1. The zero-order valence-electron chi connectivity index (χ0n) is 17.0. The zero-order chi connectivity index (χ0) is 22.9. The van der Waals surface area contributed by atoms with Crippen LogP contribution < -0.4 is 14.8 Å². The molecule has 1 N–H and O–H groups in total. The Morgan fingerprint density at radius 2 is 1.94 bits per heavy atom. The number of halogens is 1. The maximum absolute atomic E-state index is 12.7. The van der Waals surface area contributed by atoms with Gasteiger partial charge in [-0.3, -0.25) is 14.9 Å². The number of thiazole rings is 1. The summed E-state index contributed by atoms with van der Waals surface area (Å²) in [6.07, 6.45) is 0. The number of aromatic nitrogens is 1. The molecule has 0 spiro atoms. The second kappa shape index (κ2) is 9.04. The molecule has 0 unspecified atom stereocenters. The molecular formula is C20H18ClN3O6S2. The van der Waals surface area contributed by atoms with Crippen molar-refractivity contribution in [1.29, 1.82) is 0 Å². The average Bonchev–Trinajstić information content (AvgIpc) is 3.26. The predicted octanol–water partition coefficient (Wildman–Crippen LogP) is 3.67. The van der Waals surface area contributed by atoms with Crippen molar-refractivity contribution >= 4 is 44.0 Å². The first-order chi connectivity index (χ1) is 15.3. The lowest BCUT2D eigenvalue weighted by Gasteiger charge is -2.18. The van der Waals surface area contributed by atoms with E-state index < -0.39 is 15.9 Å². The molecule has 0 aliphatic carbocycles. The summed E-state index contributed by atoms with van der Waals surface area (Å²) >= 11 is 7.28. The highest BCUT2D eigenvalue weighted by Gasteiger charge is 2.25. The van der Waals surface area contributed by atoms with Crippen LogP contribution in [0, 0.1) is 0 Å². The molecule has 1 aliphatic rings. The summed E-state index contributed by atoms with van der Waals surface area (Å²) in [6, 6.07) is 9.47. The van der Waals surface area contributed by atoms with Crippen molar-refractivity contribution in [3.8, 4) is 22.8 Å². The number of hydroxylamine groups is 1. The van der Waals surface area contributed by atoms with Gasteiger partial charge < -0.3 is 9.47 Å². The molecule has 2 aromatic carbocycles. The number of fused-ring (bicyclic) bond motifs is 1. The fourth-order valence-electron chi connectivity index (χ4n) is 2.91. The summed E-state index contributed by atoms with van der Waals surface area (Å²) in [5, 5.41) is 4.81. The van der Waals surface area contributed by atoms with E-state index in [1.54, 1.807) is 5.38 Å². The average molecular weight is 496 g/mol. The van der Waals surface area contributed by atoms with E-state index in [0.717, 1.165) is 5.56 Å². The lowest BCUT2D eigenvalue weighted by Crippen LogP contribution is -2.26. The summed E-state index contributed by atoms with van der Waals surface area (Å²) in [5.74, 6) is 0.792. The van der Waals surface area contributed by atoms with E-state index in [2.05, 4.69) is 10.3 Å². The largest absolute Gasteiger partial charge is 0.486 e. The third-order valence-corrected chi connectivity index (χ3v) is 7.55. The van der Waals surface area contributed by atoms with Gasteiger partial charge in [-0.1, -0.05) is 16.1 Å². The third kappa shape index (κ3) is 4.43. The molecule has 2 heterocycles. The number of amides is 1. The summed E-state index contributed by atoms with van der Waals surface area (Å²) in [6.45, 7) is 0.989. The number of hydrogen-bond donors (Lipinski definition) is 1. The van der Waals surface area contributed by atoms with Gasteiger partial charge in [0, 0.05) is 23.6 Å². The monoisotopic (exact) mass is 495 g/mol. The number of nitrogens with one attached hydrogen (secondary N) is 1. The molecule has 12 heteroatoms. The minimum Gasteiger partial charge on any atom is -0.486 e. The molecule has 168 valence electrons. The lowest BCUT2D eigenvalue weighted by atomic mass is 10.1. The van der Waals surface area contributed by atoms with Crippen LogP contribution in [0.25, 0.3) is 11.3 Å². The molecule has 1 aliphatic heterocycles. The Balaban J connectivity index is 1.54. The summed E-state index contributed by atoms with van der Waals surface area (Å²) in [4.78, 5) is 21.7. The third-order valence-electron chi connectivity index (χ3n) is 4.63. The smallest absolute Gasteiger partial charge is 0.266 e. The first kappa shape index (κ1) is 22.5. The highest BCUT2D eigenvalue weighted by molar-refractivity contribution is 7.89. The minimum absolute atomic E-state index is 0.0272. The molecular weight excluding hydrogens is 478 g/mol. The van der Waals surface area contributed by atoms with Gasteiger partial charge in [0.25, 0.3) is 15.9 Å². The van der Waals surface area contributed by atoms with Crippen LogP contribution in [0.15, 0.2) is 46.7 Å². The van der Waals surface area contributed by atoms with E-state index in [1.807, 2.05) is 18.2 Å². The van der Waals surface area contributed by atoms with Gasteiger partial charge in [0.15, 0.2) is 16.6 Å². The Bertz CT molecular complexity index is 1280. The molecule has 0 saturated heterocycles. The van der Waals surface area contributed by atoms with Gasteiger partial charge in [-0.05, 0) is 36.4 Å². The number of anilines is 1. The van der Waals surface area contributed by atoms with Gasteiger partial charge in [0.05, 0.1) is 17.8 Å². The molecule has 1 aromatic heterocycles. The Morgan fingerprint density at radius 3 is 2.69 bits per heavy atom. The van der Waals surface area contributed by atoms with E-state index in [1.165, 1.54) is 43.7 Å². The highest BCUT2D eigenvalue weighted by Crippen LogP contribution is 2.35. The van der Waals surface area contributed by atoms with Gasteiger partial charge in [0.2, 0.25) is 0 Å². The van der Waals surface area contributed by atoms with Crippen LogP contribution >= 0.6 is 22.9 Å². The molecule has 0 bridgehead atoms. The highest BCUT2D eigenvalue weighted by atomic mass is 35.5. The lowest BCUT2D eigenvalue weighted by molar-refractivity contribution is -0.0258. The van der Waals surface area contributed by atoms with Gasteiger partial charge in [0.1, 0.15) is 18.1 Å². The van der Waals surface area contributed by atoms with Crippen LogP contribution in [0.5, 0.6) is 11.5 Å². The van der Waals surface area contributed by atoms with Crippen molar-refractivity contribution in [2.75, 3.05) is 32.7 Å². The molecule has 3 aromatic rings. The molecule has 0 fully saturated rings. The molecule has 9 nitrogen and oxygen atoms in total. The summed E-state index contributed by atoms with van der Waals surface area (Å²) < 4.78 is 36.9. The van der Waals surface area contributed by atoms with Crippen molar-refractivity contribution in [3.63, 3.8) is 0 Å². The van der Waals surface area contributed by atoms with Crippen molar-refractivity contribution in [1.82, 2.24) is 9.45 Å². The zero-order valence-corrected chi connectivity index (χ0v) is 19.4. The van der Waals surface area contributed by atoms with E-state index in [9.17, 15) is 13.2 Å². The van der Waals surface area contributed by atoms with Crippen LogP contribution in [0.4, 0.5) is 5.13 Å². The molecule has 32 heavy (non-hydrogen) atoms. The van der Waals surface area contributed by atoms with Crippen LogP contribution in [-0.2, 0) is 14.9 Å². The Hall–Kier alpha value is -2.70. The van der Waals surface area contributed by atoms with Gasteiger partial charge in [-0.2, -0.15) is 0 Å². The molecule has 0 saturated carbocycles. The van der Waals surface area contributed by atoms with E-state index in [4.69, 9.17) is 25.9 Å². The number of nitrogens with zero attached hydrogens (tertiary/aromatic N) is 2. The maximum atomic E-state index is 12.7. The predicted molar refractivity (Wildman–Crippen MR) is 120 cm³/mol. The number of sulfonamides is 1. The Morgan fingerprint density at radius 1 is 1.19 bits per heavy atom. The summed E-state index contributed by atoms with van der Waals surface area (Å²) in [7, 11) is -1.58. The van der Waals surface area contributed by atoms with Crippen molar-refractivity contribution in [2.45, 2.75) is 4.90 Å². The normalized spacial score (nSPS) is 13.2. The standard InChI is InChI=1S/C20H18ClN3O6S2/c1-24(28-2)32(26,27)18-10-13(3-5-14(18)21)19(25)23-20-22-15(11-31-20)12-4-6-16-17(9-12)30-8-7-29-16/h3-6,9-11H,7-8H2,1-2H3,(H,22,23,25). The molecule has 4 rings (SSSR count). The van der Waals surface area contributed by atoms with E-state index >= 15 is 0 Å². The number of benzene rings is 2. The second-order valence-corrected chi connectivity index (χ2v) is 9.76. The minimum atomic E-state index is -4.02. The fourth-order valence-corrected chi connectivity index (χ4v) is 5.10. The van der Waals surface area contributed by atoms with Gasteiger partial charge in [-0.15, -0.1) is 11.3 Å². The van der Waals surface area contributed by atoms with Crippen molar-refractivity contribution in [2.24, 2.45) is 0 Å². The number of carbonyl (C=O) groups is 1. The quantitative estimate of drug-likeness (QED) is 0.520. The Kier molecular flexibility index (Phi) is 6.35. The van der Waals surface area contributed by atoms with Gasteiger partial charge in [-0.25, -0.2) is 13.4 Å². The summed E-state index contributed by atoms with van der Waals surface area (Å²) in [5.41, 5.74) is 1.57. The van der Waals surface area contributed by atoms with E-state index in [-0.39, 0.29) is 15.5 Å². The van der Waals surface area contributed by atoms with Gasteiger partial charge >= 0.3 is 0 Å². The van der Waals surface area contributed by atoms with Crippen LogP contribution in [0.2, 0.25) is 5.02 Å². The Labute approximate surface area is 193 Å². The molecule has 0 radical (unpaired) electrons. The first-order valence-corrected chi connectivity index (χ1v) is 12.0. The van der Waals surface area contributed by atoms with Crippen LogP contribution in [0.3, 0.4) is 0 Å². The number of rotatable bonds is 6. The number of hydrogen-bond acceptors (Lipinski definition) is 8. The van der Waals surface area contributed by atoms with Crippen LogP contribution in [-0.4, -0.2) is 51.1 Å². The first-order valence-electron chi connectivity index (χ1n) is 9.29. The second-order valence-electron chi connectivity index (χ2n) is 6.59. The van der Waals surface area contributed by atoms with Crippen LogP contribution in [0.1, 0.15) is 10.4 Å². The fraction of sp³-hybridized carbons (Fsp3) is 0.200. The number of ether oxygens (including phenoxy) is 2. The molecule has 1 amide bonds. The molecule has 0 atom stereocenters. The van der Waals surface area contributed by atoms with Crippen molar-refractivity contribution < 1.29 is 27.5 Å².